The van der Waals surface area contributed by atoms with Gasteiger partial charge in [0, 0.05) is 18.7 Å². The van der Waals surface area contributed by atoms with Gasteiger partial charge in [-0.3, -0.25) is 9.59 Å². The van der Waals surface area contributed by atoms with Crippen molar-refractivity contribution in [2.45, 2.75) is 19.4 Å². The Morgan fingerprint density at radius 3 is 2.91 bits per heavy atom. The highest BCUT2D eigenvalue weighted by atomic mass is 16.4. The van der Waals surface area contributed by atoms with Crippen molar-refractivity contribution in [1.29, 1.82) is 0 Å². The molecule has 5 heteroatoms. The number of amides is 1. The quantitative estimate of drug-likeness (QED) is 0.787. The van der Waals surface area contributed by atoms with Crippen LogP contribution in [0.3, 0.4) is 0 Å². The van der Waals surface area contributed by atoms with E-state index in [4.69, 9.17) is 0 Å². The van der Waals surface area contributed by atoms with Crippen LogP contribution in [0.4, 0.5) is 0 Å². The Morgan fingerprint density at radius 2 is 2.22 bits per heavy atom. The molecule has 0 unspecified atom stereocenters. The first-order valence-corrected chi connectivity index (χ1v) is 8.12. The summed E-state index contributed by atoms with van der Waals surface area (Å²) in [6, 6.07) is 7.65. The van der Waals surface area contributed by atoms with Gasteiger partial charge in [-0.05, 0) is 43.5 Å². The fraction of sp³-hybridized carbons (Fsp3) is 0.444. The Hall–Kier alpha value is -2.14. The molecular formula is C18H22N2O3. The highest BCUT2D eigenvalue weighted by Gasteiger charge is 2.29. The van der Waals surface area contributed by atoms with Gasteiger partial charge in [-0.15, -0.1) is 0 Å². The minimum Gasteiger partial charge on any atom is -0.481 e. The van der Waals surface area contributed by atoms with E-state index in [1.165, 1.54) is 0 Å². The molecule has 1 amide bonds. The first kappa shape index (κ1) is 15.7. The number of carbonyl (C=O) groups excluding carboxylic acids is 1. The Bertz CT molecular complexity index is 620. The smallest absolute Gasteiger partial charge is 0.307 e. The van der Waals surface area contributed by atoms with Gasteiger partial charge >= 0.3 is 5.97 Å². The van der Waals surface area contributed by atoms with Crippen LogP contribution in [-0.4, -0.2) is 41.5 Å². The molecule has 0 aromatic heterocycles. The van der Waals surface area contributed by atoms with Gasteiger partial charge in [0.05, 0.1) is 5.92 Å². The number of aliphatic carboxylic acids is 1. The standard InChI is InChI=1S/C18H22N2O3/c21-17-15-6-2-1-5-14(15)12-20(17)10-4-3-7-16(18(22)23)13-8-9-19-11-13/h1-6,13,16,19H,7-12H2,(H,22,23)/b4-3+/t13-,16-/m0/s1. The second-order valence-corrected chi connectivity index (χ2v) is 6.25. The summed E-state index contributed by atoms with van der Waals surface area (Å²) in [4.78, 5) is 25.4. The summed E-state index contributed by atoms with van der Waals surface area (Å²) >= 11 is 0. The van der Waals surface area contributed by atoms with Gasteiger partial charge in [0.2, 0.25) is 0 Å². The molecule has 23 heavy (non-hydrogen) atoms. The number of benzene rings is 1. The summed E-state index contributed by atoms with van der Waals surface area (Å²) in [6.07, 6.45) is 5.27. The van der Waals surface area contributed by atoms with Crippen LogP contribution in [0.5, 0.6) is 0 Å². The zero-order valence-electron chi connectivity index (χ0n) is 13.1. The van der Waals surface area contributed by atoms with Crippen LogP contribution in [0.1, 0.15) is 28.8 Å². The number of carboxylic acids is 1. The number of carbonyl (C=O) groups is 2. The molecule has 2 heterocycles. The van der Waals surface area contributed by atoms with Gasteiger partial charge in [0.25, 0.3) is 5.91 Å². The van der Waals surface area contributed by atoms with Crippen molar-refractivity contribution in [2.24, 2.45) is 11.8 Å². The number of hydrogen-bond donors (Lipinski definition) is 2. The van der Waals surface area contributed by atoms with E-state index in [9.17, 15) is 14.7 Å². The topological polar surface area (TPSA) is 69.6 Å². The van der Waals surface area contributed by atoms with Crippen LogP contribution in [0.15, 0.2) is 36.4 Å². The highest BCUT2D eigenvalue weighted by Crippen LogP contribution is 2.24. The predicted molar refractivity (Wildman–Crippen MR) is 87.0 cm³/mol. The van der Waals surface area contributed by atoms with E-state index >= 15 is 0 Å². The molecule has 0 aliphatic carbocycles. The van der Waals surface area contributed by atoms with Crippen molar-refractivity contribution in [3.8, 4) is 0 Å². The number of nitrogens with one attached hydrogen (secondary N) is 1. The van der Waals surface area contributed by atoms with Crippen molar-refractivity contribution in [3.05, 3.63) is 47.5 Å². The maximum atomic E-state index is 12.2. The molecule has 5 nitrogen and oxygen atoms in total. The highest BCUT2D eigenvalue weighted by molar-refractivity contribution is 5.98. The third-order valence-electron chi connectivity index (χ3n) is 4.76. The average molecular weight is 314 g/mol. The minimum absolute atomic E-state index is 0.0556. The lowest BCUT2D eigenvalue weighted by atomic mass is 9.89. The van der Waals surface area contributed by atoms with E-state index in [-0.39, 0.29) is 17.7 Å². The molecule has 1 aromatic carbocycles. The van der Waals surface area contributed by atoms with E-state index in [1.54, 1.807) is 4.90 Å². The van der Waals surface area contributed by atoms with Gasteiger partial charge in [-0.1, -0.05) is 30.4 Å². The normalized spacial score (nSPS) is 21.8. The number of fused-ring (bicyclic) bond motifs is 1. The molecule has 0 bridgehead atoms. The summed E-state index contributed by atoms with van der Waals surface area (Å²) in [7, 11) is 0. The van der Waals surface area contributed by atoms with Crippen LogP contribution >= 0.6 is 0 Å². The molecule has 122 valence electrons. The minimum atomic E-state index is -0.729. The second kappa shape index (κ2) is 6.96. The van der Waals surface area contributed by atoms with Crippen LogP contribution in [-0.2, 0) is 11.3 Å². The molecule has 2 atom stereocenters. The Morgan fingerprint density at radius 1 is 1.39 bits per heavy atom. The third kappa shape index (κ3) is 3.45. The lowest BCUT2D eigenvalue weighted by Crippen LogP contribution is -2.25. The van der Waals surface area contributed by atoms with Crippen molar-refractivity contribution in [3.63, 3.8) is 0 Å². The van der Waals surface area contributed by atoms with Crippen LogP contribution in [0, 0.1) is 11.8 Å². The van der Waals surface area contributed by atoms with Crippen LogP contribution in [0.2, 0.25) is 0 Å². The monoisotopic (exact) mass is 314 g/mol. The van der Waals surface area contributed by atoms with Gasteiger partial charge in [-0.25, -0.2) is 0 Å². The van der Waals surface area contributed by atoms with E-state index < -0.39 is 5.97 Å². The first-order valence-electron chi connectivity index (χ1n) is 8.12. The second-order valence-electron chi connectivity index (χ2n) is 6.25. The van der Waals surface area contributed by atoms with Gasteiger partial charge in [0.1, 0.15) is 0 Å². The third-order valence-corrected chi connectivity index (χ3v) is 4.76. The molecule has 1 saturated heterocycles. The van der Waals surface area contributed by atoms with Crippen molar-refractivity contribution >= 4 is 11.9 Å². The molecular weight excluding hydrogens is 292 g/mol. The number of rotatable bonds is 6. The maximum Gasteiger partial charge on any atom is 0.307 e. The van der Waals surface area contributed by atoms with E-state index in [2.05, 4.69) is 5.32 Å². The molecule has 2 aliphatic heterocycles. The summed E-state index contributed by atoms with van der Waals surface area (Å²) in [5.41, 5.74) is 1.84. The Kier molecular flexibility index (Phi) is 4.76. The van der Waals surface area contributed by atoms with Gasteiger partial charge in [0.15, 0.2) is 0 Å². The maximum absolute atomic E-state index is 12.2. The van der Waals surface area contributed by atoms with E-state index in [1.807, 2.05) is 36.4 Å². The number of allylic oxidation sites excluding steroid dienone is 1. The number of carboxylic acid groups (broad SMARTS) is 1. The average Bonchev–Trinajstić information content (AvgIpc) is 3.16. The molecule has 3 rings (SSSR count). The number of hydrogen-bond acceptors (Lipinski definition) is 3. The molecule has 0 spiro atoms. The van der Waals surface area contributed by atoms with Crippen molar-refractivity contribution in [1.82, 2.24) is 10.2 Å². The Balaban J connectivity index is 1.53. The first-order chi connectivity index (χ1) is 11.2. The largest absolute Gasteiger partial charge is 0.481 e. The fourth-order valence-electron chi connectivity index (χ4n) is 3.42. The molecule has 0 saturated carbocycles. The zero-order valence-corrected chi connectivity index (χ0v) is 13.1. The van der Waals surface area contributed by atoms with Crippen molar-refractivity contribution in [2.75, 3.05) is 19.6 Å². The zero-order chi connectivity index (χ0) is 16.2. The lowest BCUT2D eigenvalue weighted by Gasteiger charge is -2.17. The molecule has 1 fully saturated rings. The summed E-state index contributed by atoms with van der Waals surface area (Å²) in [5.74, 6) is -0.810. The molecule has 2 aliphatic rings. The molecule has 0 radical (unpaired) electrons. The Labute approximate surface area is 136 Å². The van der Waals surface area contributed by atoms with Crippen LogP contribution < -0.4 is 5.32 Å². The number of nitrogens with zero attached hydrogens (tertiary/aromatic N) is 1. The summed E-state index contributed by atoms with van der Waals surface area (Å²) in [6.45, 7) is 2.85. The summed E-state index contributed by atoms with van der Waals surface area (Å²) in [5, 5.41) is 12.6. The summed E-state index contributed by atoms with van der Waals surface area (Å²) < 4.78 is 0. The SMILES string of the molecule is O=C(O)[C@@H](C/C=C/CN1Cc2ccccc2C1=O)[C@H]1CCNC1. The van der Waals surface area contributed by atoms with Gasteiger partial charge < -0.3 is 15.3 Å². The molecule has 1 aromatic rings. The van der Waals surface area contributed by atoms with Gasteiger partial charge in [-0.2, -0.15) is 0 Å². The van der Waals surface area contributed by atoms with E-state index in [0.29, 0.717) is 19.5 Å². The predicted octanol–water partition coefficient (Wildman–Crippen LogP) is 1.90. The molecule has 2 N–H and O–H groups in total. The van der Waals surface area contributed by atoms with Crippen LogP contribution in [0.25, 0.3) is 0 Å². The van der Waals surface area contributed by atoms with Crippen molar-refractivity contribution < 1.29 is 14.7 Å². The lowest BCUT2D eigenvalue weighted by molar-refractivity contribution is -0.143. The van der Waals surface area contributed by atoms with E-state index in [0.717, 1.165) is 30.6 Å². The fourth-order valence-corrected chi connectivity index (χ4v) is 3.42.